The van der Waals surface area contributed by atoms with E-state index in [1.807, 2.05) is 0 Å². The van der Waals surface area contributed by atoms with Crippen molar-refractivity contribution in [1.29, 1.82) is 0 Å². The van der Waals surface area contributed by atoms with Crippen LogP contribution in [0.15, 0.2) is 21.7 Å². The molecule has 2 heterocycles. The van der Waals surface area contributed by atoms with Gasteiger partial charge in [-0.15, -0.1) is 0 Å². The summed E-state index contributed by atoms with van der Waals surface area (Å²) in [5.41, 5.74) is -1.87. The second-order valence-corrected chi connectivity index (χ2v) is 19.2. The van der Waals surface area contributed by atoms with Gasteiger partial charge in [-0.2, -0.15) is 4.39 Å². The fraction of sp³-hybridized carbons (Fsp3) is 0.652. The molecule has 1 amide bonds. The molecule has 1 aliphatic heterocycles. The van der Waals surface area contributed by atoms with E-state index in [9.17, 15) is 19.1 Å². The molecule has 1 aromatic rings. The molecule has 1 fully saturated rings. The lowest BCUT2D eigenvalue weighted by atomic mass is 9.87. The lowest BCUT2D eigenvalue weighted by Gasteiger charge is -2.36. The van der Waals surface area contributed by atoms with Crippen molar-refractivity contribution in [1.82, 2.24) is 9.88 Å². The van der Waals surface area contributed by atoms with Gasteiger partial charge in [0.1, 0.15) is 17.1 Å². The van der Waals surface area contributed by atoms with Crippen LogP contribution in [0.4, 0.5) is 9.18 Å². The number of nitrogens with zero attached hydrogens (tertiary/aromatic N) is 3. The number of hydrogen-bond acceptors (Lipinski definition) is 7. The molecular formula is C23H33BrFN3O5SSi. The summed E-state index contributed by atoms with van der Waals surface area (Å²) in [6.45, 7) is 13.9. The van der Waals surface area contributed by atoms with E-state index in [2.05, 4.69) is 40.6 Å². The summed E-state index contributed by atoms with van der Waals surface area (Å²) in [6, 6.07) is 2.45. The van der Waals surface area contributed by atoms with Crippen LogP contribution in [0.2, 0.25) is 25.7 Å². The number of carboxylic acid groups (broad SMARTS) is 1. The molecule has 0 spiro atoms. The van der Waals surface area contributed by atoms with Crippen LogP contribution in [0, 0.1) is 11.9 Å². The van der Waals surface area contributed by atoms with Gasteiger partial charge in [0.2, 0.25) is 5.95 Å². The SMILES string of the molecule is CC(C)(C)OC(=O)N(COCC[Si](C)(C)C)C1=N[C@](C)(c2cc(Br)cnc2F)C2C[C@]2(C(=O)O)S1. The van der Waals surface area contributed by atoms with E-state index in [1.54, 1.807) is 33.8 Å². The zero-order valence-electron chi connectivity index (χ0n) is 21.1. The molecule has 0 radical (unpaired) electrons. The van der Waals surface area contributed by atoms with Crippen molar-refractivity contribution in [2.45, 2.75) is 75.7 Å². The number of rotatable bonds is 7. The molecule has 8 nitrogen and oxygen atoms in total. The van der Waals surface area contributed by atoms with E-state index in [1.165, 1.54) is 11.1 Å². The Morgan fingerprint density at radius 1 is 1.37 bits per heavy atom. The largest absolute Gasteiger partial charge is 0.480 e. The van der Waals surface area contributed by atoms with Crippen LogP contribution in [-0.4, -0.2) is 64.0 Å². The molecule has 194 valence electrons. The molecule has 12 heteroatoms. The first-order valence-corrected chi connectivity index (χ1v) is 16.7. The van der Waals surface area contributed by atoms with Crippen LogP contribution >= 0.6 is 27.7 Å². The van der Waals surface area contributed by atoms with Gasteiger partial charge in [0.05, 0.1) is 5.54 Å². The van der Waals surface area contributed by atoms with Gasteiger partial charge in [0.15, 0.2) is 5.17 Å². The second-order valence-electron chi connectivity index (χ2n) is 11.3. The van der Waals surface area contributed by atoms with Crippen LogP contribution < -0.4 is 0 Å². The number of pyridine rings is 1. The second kappa shape index (κ2) is 9.75. The molecule has 0 saturated heterocycles. The van der Waals surface area contributed by atoms with Crippen molar-refractivity contribution in [3.63, 3.8) is 0 Å². The Balaban J connectivity index is 2.03. The van der Waals surface area contributed by atoms with Crippen LogP contribution in [-0.2, 0) is 19.8 Å². The first kappa shape index (κ1) is 28.1. The first-order valence-electron chi connectivity index (χ1n) is 11.4. The van der Waals surface area contributed by atoms with Crippen molar-refractivity contribution < 1.29 is 28.6 Å². The van der Waals surface area contributed by atoms with Gasteiger partial charge in [-0.1, -0.05) is 31.4 Å². The molecule has 1 N–H and O–H groups in total. The Bertz CT molecular complexity index is 1050. The highest BCUT2D eigenvalue weighted by Crippen LogP contribution is 2.66. The molecule has 0 aromatic carbocycles. The van der Waals surface area contributed by atoms with E-state index < -0.39 is 47.9 Å². The third-order valence-electron chi connectivity index (χ3n) is 5.96. The highest BCUT2D eigenvalue weighted by Gasteiger charge is 2.72. The maximum absolute atomic E-state index is 14.9. The molecule has 2 aliphatic rings. The number of thioether (sulfide) groups is 1. The van der Waals surface area contributed by atoms with Gasteiger partial charge >= 0.3 is 12.1 Å². The Hall–Kier alpha value is -1.50. The summed E-state index contributed by atoms with van der Waals surface area (Å²) in [6.07, 6.45) is 0.911. The minimum Gasteiger partial charge on any atom is -0.480 e. The number of hydrogen-bond donors (Lipinski definition) is 1. The number of aliphatic imine (C=N–C) groups is 1. The van der Waals surface area contributed by atoms with Crippen LogP contribution in [0.25, 0.3) is 0 Å². The molecule has 3 atom stereocenters. The number of aromatic nitrogens is 1. The van der Waals surface area contributed by atoms with Crippen molar-refractivity contribution in [3.05, 3.63) is 28.2 Å². The standard InChI is InChI=1S/C23H33BrFN3O5SSi/c1-21(2,3)33-20(31)28(13-32-8-9-35(5,6)7)19-27-22(4,15-10-14(24)12-26-17(15)25)16-11-23(16,34-19)18(29)30/h10,12,16H,8-9,11,13H2,1-7H3,(H,29,30)/t16?,22-,23+/m1/s1. The van der Waals surface area contributed by atoms with Gasteiger partial charge in [0.25, 0.3) is 0 Å². The number of halogens is 2. The number of carbonyl (C=O) groups is 2. The summed E-state index contributed by atoms with van der Waals surface area (Å²) >= 11 is 4.32. The smallest absolute Gasteiger partial charge is 0.418 e. The molecule has 35 heavy (non-hydrogen) atoms. The van der Waals surface area contributed by atoms with E-state index >= 15 is 0 Å². The lowest BCUT2D eigenvalue weighted by Crippen LogP contribution is -2.47. The van der Waals surface area contributed by atoms with Crippen molar-refractivity contribution in [2.75, 3.05) is 13.3 Å². The zero-order valence-corrected chi connectivity index (χ0v) is 24.5. The number of ether oxygens (including phenoxy) is 2. The average molecular weight is 591 g/mol. The minimum atomic E-state index is -1.37. The predicted octanol–water partition coefficient (Wildman–Crippen LogP) is 5.69. The quantitative estimate of drug-likeness (QED) is 0.188. The number of carboxylic acids is 1. The van der Waals surface area contributed by atoms with Crippen LogP contribution in [0.1, 0.15) is 39.7 Å². The van der Waals surface area contributed by atoms with Gasteiger partial charge in [-0.3, -0.25) is 9.79 Å². The fourth-order valence-corrected chi connectivity index (χ4v) is 6.53. The highest BCUT2D eigenvalue weighted by molar-refractivity contribution is 9.10. The van der Waals surface area contributed by atoms with E-state index in [0.29, 0.717) is 11.1 Å². The third-order valence-corrected chi connectivity index (χ3v) is 9.59. The predicted molar refractivity (Wildman–Crippen MR) is 140 cm³/mol. The number of fused-ring (bicyclic) bond motifs is 1. The molecule has 1 saturated carbocycles. The van der Waals surface area contributed by atoms with Crippen LogP contribution in [0.5, 0.6) is 0 Å². The van der Waals surface area contributed by atoms with E-state index in [-0.39, 0.29) is 23.9 Å². The number of carbonyl (C=O) groups excluding carboxylic acids is 1. The summed E-state index contributed by atoms with van der Waals surface area (Å²) < 4.78 is 25.6. The molecular weight excluding hydrogens is 557 g/mol. The van der Waals surface area contributed by atoms with E-state index in [4.69, 9.17) is 14.5 Å². The monoisotopic (exact) mass is 589 g/mol. The Morgan fingerprint density at radius 2 is 2.03 bits per heavy atom. The normalized spacial score (nSPS) is 26.0. The summed E-state index contributed by atoms with van der Waals surface area (Å²) in [5.74, 6) is -2.23. The van der Waals surface area contributed by atoms with Gasteiger partial charge < -0.3 is 14.6 Å². The molecule has 3 rings (SSSR count). The number of aliphatic carboxylic acids is 1. The Labute approximate surface area is 219 Å². The van der Waals surface area contributed by atoms with Gasteiger partial charge in [-0.25, -0.2) is 14.7 Å². The summed E-state index contributed by atoms with van der Waals surface area (Å²) in [5, 5.41) is 10.2. The van der Waals surface area contributed by atoms with E-state index in [0.717, 1.165) is 17.8 Å². The van der Waals surface area contributed by atoms with Crippen molar-refractivity contribution >= 4 is 53.0 Å². The summed E-state index contributed by atoms with van der Waals surface area (Å²) in [7, 11) is -1.37. The van der Waals surface area contributed by atoms with Gasteiger partial charge in [-0.05, 0) is 62.2 Å². The summed E-state index contributed by atoms with van der Waals surface area (Å²) in [4.78, 5) is 35.4. The maximum atomic E-state index is 14.9. The lowest BCUT2D eigenvalue weighted by molar-refractivity contribution is -0.137. The maximum Gasteiger partial charge on any atom is 0.418 e. The Morgan fingerprint density at radius 3 is 2.60 bits per heavy atom. The Kier molecular flexibility index (Phi) is 7.82. The van der Waals surface area contributed by atoms with Crippen molar-refractivity contribution in [3.8, 4) is 0 Å². The average Bonchev–Trinajstić information content (AvgIpc) is 3.45. The minimum absolute atomic E-state index is 0.130. The fourth-order valence-electron chi connectivity index (χ4n) is 3.93. The van der Waals surface area contributed by atoms with Crippen LogP contribution in [0.3, 0.4) is 0 Å². The zero-order chi connectivity index (χ0) is 26.4. The van der Waals surface area contributed by atoms with Gasteiger partial charge in [0, 0.05) is 36.8 Å². The number of amidine groups is 1. The molecule has 0 bridgehead atoms. The first-order chi connectivity index (χ1) is 16.0. The third kappa shape index (κ3) is 6.26. The highest BCUT2D eigenvalue weighted by atomic mass is 79.9. The topological polar surface area (TPSA) is 101 Å². The number of amides is 1. The molecule has 1 aliphatic carbocycles. The van der Waals surface area contributed by atoms with Crippen molar-refractivity contribution in [2.24, 2.45) is 10.9 Å². The molecule has 1 unspecified atom stereocenters. The molecule has 1 aromatic heterocycles.